The molecule has 0 spiro atoms. The van der Waals surface area contributed by atoms with Gasteiger partial charge in [-0.05, 0) is 56.2 Å². The van der Waals surface area contributed by atoms with Crippen LogP contribution in [0.25, 0.3) is 0 Å². The van der Waals surface area contributed by atoms with Crippen LogP contribution >= 0.6 is 0 Å². The van der Waals surface area contributed by atoms with Crippen molar-refractivity contribution in [1.82, 2.24) is 5.32 Å². The molecule has 2 heterocycles. The lowest BCUT2D eigenvalue weighted by atomic mass is 9.97. The van der Waals surface area contributed by atoms with Crippen LogP contribution in [0.15, 0.2) is 65.3 Å². The summed E-state index contributed by atoms with van der Waals surface area (Å²) < 4.78 is 11.2. The van der Waals surface area contributed by atoms with E-state index in [1.54, 1.807) is 45.0 Å². The molecule has 2 amide bonds. The minimum absolute atomic E-state index is 0.192. The van der Waals surface area contributed by atoms with Crippen molar-refractivity contribution in [3.63, 3.8) is 0 Å². The molecule has 1 N–H and O–H groups in total. The lowest BCUT2D eigenvalue weighted by Crippen LogP contribution is -2.55. The van der Waals surface area contributed by atoms with Crippen molar-refractivity contribution in [2.45, 2.75) is 32.9 Å². The topological polar surface area (TPSA) is 88.9 Å². The van der Waals surface area contributed by atoms with E-state index in [4.69, 9.17) is 9.15 Å². The molecule has 0 saturated heterocycles. The van der Waals surface area contributed by atoms with Crippen LogP contribution in [0.2, 0.25) is 0 Å². The van der Waals surface area contributed by atoms with Gasteiger partial charge >= 0.3 is 0 Å². The standard InChI is InChI=1S/C25H24N2O5/c1-16-12-21-19(13-18(16)23(29)20-10-7-11-31-20)27(24(30)25(2,3)32-21)15-22(28)26-14-17-8-5-4-6-9-17/h4-13H,14-15H2,1-3H3,(H,26,28). The number of carbonyl (C=O) groups is 3. The third-order valence-electron chi connectivity index (χ3n) is 5.35. The number of benzene rings is 2. The summed E-state index contributed by atoms with van der Waals surface area (Å²) >= 11 is 0. The van der Waals surface area contributed by atoms with Crippen LogP contribution in [-0.2, 0) is 16.1 Å². The van der Waals surface area contributed by atoms with Crippen LogP contribution in [0.3, 0.4) is 0 Å². The summed E-state index contributed by atoms with van der Waals surface area (Å²) in [6, 6.07) is 16.0. The second kappa shape index (κ2) is 8.34. The largest absolute Gasteiger partial charge is 0.476 e. The Morgan fingerprint density at radius 3 is 2.50 bits per heavy atom. The third kappa shape index (κ3) is 4.14. The number of ketones is 1. The van der Waals surface area contributed by atoms with E-state index in [1.165, 1.54) is 11.2 Å². The zero-order valence-electron chi connectivity index (χ0n) is 18.2. The maximum atomic E-state index is 13.1. The van der Waals surface area contributed by atoms with Gasteiger partial charge in [0.1, 0.15) is 12.3 Å². The number of fused-ring (bicyclic) bond motifs is 1. The summed E-state index contributed by atoms with van der Waals surface area (Å²) in [6.45, 7) is 5.27. The molecule has 164 valence electrons. The SMILES string of the molecule is Cc1cc2c(cc1C(=O)c1ccco1)N(CC(=O)NCc1ccccc1)C(=O)C(C)(C)O2. The Kier molecular flexibility index (Phi) is 5.57. The summed E-state index contributed by atoms with van der Waals surface area (Å²) in [5.74, 6) is -0.339. The zero-order chi connectivity index (χ0) is 22.9. The van der Waals surface area contributed by atoms with Gasteiger partial charge in [-0.25, -0.2) is 0 Å². The number of nitrogens with one attached hydrogen (secondary N) is 1. The van der Waals surface area contributed by atoms with Gasteiger partial charge in [0.05, 0.1) is 12.0 Å². The minimum Gasteiger partial charge on any atom is -0.476 e. The first-order chi connectivity index (χ1) is 15.3. The Morgan fingerprint density at radius 2 is 1.81 bits per heavy atom. The summed E-state index contributed by atoms with van der Waals surface area (Å²) in [7, 11) is 0. The predicted octanol–water partition coefficient (Wildman–Crippen LogP) is 3.64. The number of ether oxygens (including phenoxy) is 1. The molecule has 1 aromatic heterocycles. The van der Waals surface area contributed by atoms with Crippen molar-refractivity contribution in [2.24, 2.45) is 0 Å². The molecule has 7 nitrogen and oxygen atoms in total. The van der Waals surface area contributed by atoms with Gasteiger partial charge in [0, 0.05) is 12.1 Å². The monoisotopic (exact) mass is 432 g/mol. The van der Waals surface area contributed by atoms with E-state index in [9.17, 15) is 14.4 Å². The van der Waals surface area contributed by atoms with Crippen molar-refractivity contribution in [3.05, 3.63) is 83.3 Å². The van der Waals surface area contributed by atoms with Gasteiger partial charge in [0.15, 0.2) is 11.4 Å². The van der Waals surface area contributed by atoms with E-state index in [1.807, 2.05) is 30.3 Å². The highest BCUT2D eigenvalue weighted by Crippen LogP contribution is 2.40. The Hall–Kier alpha value is -3.87. The van der Waals surface area contributed by atoms with Crippen LogP contribution in [0.4, 0.5) is 5.69 Å². The number of aryl methyl sites for hydroxylation is 1. The molecule has 7 heteroatoms. The van der Waals surface area contributed by atoms with Crippen LogP contribution < -0.4 is 15.0 Å². The molecule has 0 unspecified atom stereocenters. The lowest BCUT2D eigenvalue weighted by Gasteiger charge is -2.38. The lowest BCUT2D eigenvalue weighted by molar-refractivity contribution is -0.134. The number of furan rings is 1. The van der Waals surface area contributed by atoms with Gasteiger partial charge < -0.3 is 14.5 Å². The molecular formula is C25H24N2O5. The minimum atomic E-state index is -1.15. The van der Waals surface area contributed by atoms with Crippen LogP contribution in [0, 0.1) is 6.92 Å². The molecule has 0 fully saturated rings. The van der Waals surface area contributed by atoms with E-state index < -0.39 is 5.60 Å². The van der Waals surface area contributed by atoms with E-state index >= 15 is 0 Å². The summed E-state index contributed by atoms with van der Waals surface area (Å²) in [5, 5.41) is 2.84. The van der Waals surface area contributed by atoms with Crippen molar-refractivity contribution >= 4 is 23.3 Å². The van der Waals surface area contributed by atoms with Crippen LogP contribution in [0.5, 0.6) is 5.75 Å². The number of rotatable bonds is 6. The average molecular weight is 432 g/mol. The van der Waals surface area contributed by atoms with Gasteiger partial charge in [-0.15, -0.1) is 0 Å². The predicted molar refractivity (Wildman–Crippen MR) is 119 cm³/mol. The summed E-state index contributed by atoms with van der Waals surface area (Å²) in [6.07, 6.45) is 1.43. The first-order valence-electron chi connectivity index (χ1n) is 10.3. The highest BCUT2D eigenvalue weighted by molar-refractivity contribution is 6.11. The molecule has 0 aliphatic carbocycles. The van der Waals surface area contributed by atoms with Crippen LogP contribution in [-0.4, -0.2) is 29.7 Å². The molecule has 0 radical (unpaired) electrons. The van der Waals surface area contributed by atoms with E-state index in [0.717, 1.165) is 5.56 Å². The maximum Gasteiger partial charge on any atom is 0.271 e. The zero-order valence-corrected chi connectivity index (χ0v) is 18.2. The molecule has 0 bridgehead atoms. The first-order valence-corrected chi connectivity index (χ1v) is 10.3. The number of anilines is 1. The van der Waals surface area contributed by atoms with E-state index in [0.29, 0.717) is 29.1 Å². The fourth-order valence-corrected chi connectivity index (χ4v) is 3.65. The number of hydrogen-bond acceptors (Lipinski definition) is 5. The highest BCUT2D eigenvalue weighted by atomic mass is 16.5. The molecule has 1 aliphatic heterocycles. The summed E-state index contributed by atoms with van der Waals surface area (Å²) in [4.78, 5) is 40.1. The maximum absolute atomic E-state index is 13.1. The third-order valence-corrected chi connectivity index (χ3v) is 5.35. The average Bonchev–Trinajstić information content (AvgIpc) is 3.30. The fourth-order valence-electron chi connectivity index (χ4n) is 3.65. The van der Waals surface area contributed by atoms with Crippen molar-refractivity contribution in [3.8, 4) is 5.75 Å². The Bertz CT molecular complexity index is 1170. The Labute approximate surface area is 186 Å². The first kappa shape index (κ1) is 21.4. The highest BCUT2D eigenvalue weighted by Gasteiger charge is 2.42. The van der Waals surface area contributed by atoms with Crippen molar-refractivity contribution < 1.29 is 23.5 Å². The van der Waals surface area contributed by atoms with Crippen molar-refractivity contribution in [1.29, 1.82) is 0 Å². The number of carbonyl (C=O) groups excluding carboxylic acids is 3. The molecule has 0 atom stereocenters. The van der Waals surface area contributed by atoms with Gasteiger partial charge in [-0.3, -0.25) is 19.3 Å². The van der Waals surface area contributed by atoms with Crippen molar-refractivity contribution in [2.75, 3.05) is 11.4 Å². The summed E-state index contributed by atoms with van der Waals surface area (Å²) in [5.41, 5.74) is 1.25. The van der Waals surface area contributed by atoms with E-state index in [2.05, 4.69) is 5.32 Å². The molecule has 32 heavy (non-hydrogen) atoms. The van der Waals surface area contributed by atoms with Gasteiger partial charge in [-0.2, -0.15) is 0 Å². The van der Waals surface area contributed by atoms with Gasteiger partial charge in [0.25, 0.3) is 5.91 Å². The second-order valence-corrected chi connectivity index (χ2v) is 8.21. The van der Waals surface area contributed by atoms with Crippen LogP contribution in [0.1, 0.15) is 41.1 Å². The molecule has 2 aromatic carbocycles. The molecular weight excluding hydrogens is 408 g/mol. The fraction of sp³-hybridized carbons (Fsp3) is 0.240. The molecule has 4 rings (SSSR count). The smallest absolute Gasteiger partial charge is 0.271 e. The molecule has 3 aromatic rings. The Morgan fingerprint density at radius 1 is 1.06 bits per heavy atom. The number of amides is 2. The number of nitrogens with zero attached hydrogens (tertiary/aromatic N) is 1. The molecule has 0 saturated carbocycles. The molecule has 1 aliphatic rings. The number of hydrogen-bond donors (Lipinski definition) is 1. The second-order valence-electron chi connectivity index (χ2n) is 8.21. The van der Waals surface area contributed by atoms with Gasteiger partial charge in [0.2, 0.25) is 11.7 Å². The quantitative estimate of drug-likeness (QED) is 0.601. The normalized spacial score (nSPS) is 14.5. The Balaban J connectivity index is 1.63. The van der Waals surface area contributed by atoms with Gasteiger partial charge in [-0.1, -0.05) is 30.3 Å². The van der Waals surface area contributed by atoms with E-state index in [-0.39, 0.29) is 29.9 Å².